The highest BCUT2D eigenvalue weighted by atomic mass is 35.5. The fourth-order valence-corrected chi connectivity index (χ4v) is 5.58. The van der Waals surface area contributed by atoms with Crippen LogP contribution >= 0.6 is 11.6 Å². The minimum absolute atomic E-state index is 0.102. The maximum atomic E-state index is 13.0. The van der Waals surface area contributed by atoms with Crippen molar-refractivity contribution in [2.45, 2.75) is 19.4 Å². The molecular formula is C27H23ClN2O3S. The van der Waals surface area contributed by atoms with Gasteiger partial charge in [-0.15, -0.1) is 0 Å². The zero-order valence-corrected chi connectivity index (χ0v) is 20.2. The van der Waals surface area contributed by atoms with Gasteiger partial charge in [0, 0.05) is 21.7 Å². The van der Waals surface area contributed by atoms with Crippen LogP contribution in [0.15, 0.2) is 78.9 Å². The summed E-state index contributed by atoms with van der Waals surface area (Å²) in [6, 6.07) is 23.9. The average molecular weight is 491 g/mol. The molecule has 0 fully saturated rings. The number of aryl methyl sites for hydroxylation is 2. The maximum Gasteiger partial charge on any atom is 0.255 e. The Balaban J connectivity index is 1.40. The molecule has 4 aromatic rings. The van der Waals surface area contributed by atoms with Gasteiger partial charge in [-0.3, -0.25) is 9.10 Å². The average Bonchev–Trinajstić information content (AvgIpc) is 3.24. The molecule has 0 spiro atoms. The fourth-order valence-electron chi connectivity index (χ4n) is 4.51. The normalized spacial score (nSPS) is 12.6. The Bertz CT molecular complexity index is 1500. The van der Waals surface area contributed by atoms with Crippen molar-refractivity contribution >= 4 is 49.7 Å². The largest absolute Gasteiger partial charge is 0.321 e. The first kappa shape index (κ1) is 22.4. The second-order valence-electron chi connectivity index (χ2n) is 8.47. The van der Waals surface area contributed by atoms with E-state index < -0.39 is 10.0 Å². The highest BCUT2D eigenvalue weighted by Crippen LogP contribution is 2.35. The van der Waals surface area contributed by atoms with Crippen molar-refractivity contribution in [2.24, 2.45) is 0 Å². The van der Waals surface area contributed by atoms with Crippen LogP contribution < -0.4 is 9.62 Å². The van der Waals surface area contributed by atoms with Gasteiger partial charge in [0.05, 0.1) is 18.5 Å². The molecule has 5 nitrogen and oxygen atoms in total. The molecule has 1 aliphatic carbocycles. The molecule has 172 valence electrons. The lowest BCUT2D eigenvalue weighted by Crippen LogP contribution is -2.29. The number of nitrogens with zero attached hydrogens (tertiary/aromatic N) is 1. The number of sulfonamides is 1. The van der Waals surface area contributed by atoms with E-state index in [4.69, 9.17) is 11.6 Å². The monoisotopic (exact) mass is 490 g/mol. The van der Waals surface area contributed by atoms with E-state index in [1.165, 1.54) is 20.8 Å². The Morgan fingerprint density at radius 2 is 1.62 bits per heavy atom. The molecule has 34 heavy (non-hydrogen) atoms. The number of rotatable bonds is 6. The molecule has 1 aliphatic rings. The topological polar surface area (TPSA) is 66.5 Å². The van der Waals surface area contributed by atoms with Gasteiger partial charge in [0.1, 0.15) is 0 Å². The van der Waals surface area contributed by atoms with Gasteiger partial charge >= 0.3 is 0 Å². The number of hydrogen-bond acceptors (Lipinski definition) is 3. The Morgan fingerprint density at radius 3 is 2.32 bits per heavy atom. The van der Waals surface area contributed by atoms with Crippen LogP contribution in [0, 0.1) is 0 Å². The Morgan fingerprint density at radius 1 is 0.912 bits per heavy atom. The molecule has 0 aliphatic heterocycles. The minimum Gasteiger partial charge on any atom is -0.321 e. The molecule has 7 heteroatoms. The van der Waals surface area contributed by atoms with Crippen LogP contribution in [0.1, 0.15) is 27.0 Å². The highest BCUT2D eigenvalue weighted by Gasteiger charge is 2.20. The quantitative estimate of drug-likeness (QED) is 0.371. The molecule has 4 aromatic carbocycles. The van der Waals surface area contributed by atoms with Gasteiger partial charge in [-0.1, -0.05) is 54.1 Å². The second kappa shape index (κ2) is 8.78. The molecule has 0 atom stereocenters. The van der Waals surface area contributed by atoms with Crippen LogP contribution in [0.3, 0.4) is 0 Å². The zero-order valence-electron chi connectivity index (χ0n) is 18.6. The molecule has 5 rings (SSSR count). The van der Waals surface area contributed by atoms with E-state index in [-0.39, 0.29) is 12.5 Å². The molecule has 0 saturated carbocycles. The van der Waals surface area contributed by atoms with Crippen LogP contribution in [0.5, 0.6) is 0 Å². The fraction of sp³-hybridized carbons (Fsp3) is 0.148. The van der Waals surface area contributed by atoms with Gasteiger partial charge in [-0.2, -0.15) is 0 Å². The minimum atomic E-state index is -3.57. The molecule has 1 N–H and O–H groups in total. The smallest absolute Gasteiger partial charge is 0.255 e. The van der Waals surface area contributed by atoms with Crippen LogP contribution in [0.2, 0.25) is 5.02 Å². The van der Waals surface area contributed by atoms with E-state index >= 15 is 0 Å². The molecule has 0 saturated heterocycles. The maximum absolute atomic E-state index is 13.0. The lowest BCUT2D eigenvalue weighted by Gasteiger charge is -2.23. The SMILES string of the molecule is CS(=O)(=O)N(Cc1ccccc1Cl)c1ccc(C(=O)Nc2ccc3c4c(cccc24)CC3)cc1. The lowest BCUT2D eigenvalue weighted by molar-refractivity contribution is 0.102. The summed E-state index contributed by atoms with van der Waals surface area (Å²) in [4.78, 5) is 13.0. The number of halogens is 1. The Labute approximate surface area is 204 Å². The lowest BCUT2D eigenvalue weighted by atomic mass is 10.0. The molecule has 1 amide bonds. The predicted octanol–water partition coefficient (Wildman–Crippen LogP) is 5.81. The van der Waals surface area contributed by atoms with Crippen molar-refractivity contribution in [1.29, 1.82) is 0 Å². The number of hydrogen-bond donors (Lipinski definition) is 1. The summed E-state index contributed by atoms with van der Waals surface area (Å²) in [7, 11) is -3.57. The van der Waals surface area contributed by atoms with Crippen molar-refractivity contribution in [3.05, 3.63) is 106 Å². The second-order valence-corrected chi connectivity index (χ2v) is 10.8. The van der Waals surface area contributed by atoms with Crippen LogP contribution in [0.4, 0.5) is 11.4 Å². The van der Waals surface area contributed by atoms with Crippen molar-refractivity contribution in [1.82, 2.24) is 0 Å². The number of amides is 1. The molecule has 0 bridgehead atoms. The molecule has 0 radical (unpaired) electrons. The van der Waals surface area contributed by atoms with Gasteiger partial charge in [-0.05, 0) is 71.3 Å². The summed E-state index contributed by atoms with van der Waals surface area (Å²) in [5.41, 5.74) is 5.00. The Kier molecular flexibility index (Phi) is 5.80. The zero-order chi connectivity index (χ0) is 23.9. The first-order chi connectivity index (χ1) is 16.3. The first-order valence-corrected chi connectivity index (χ1v) is 13.2. The van der Waals surface area contributed by atoms with E-state index in [9.17, 15) is 13.2 Å². The van der Waals surface area contributed by atoms with Crippen molar-refractivity contribution in [3.8, 4) is 0 Å². The first-order valence-electron chi connectivity index (χ1n) is 11.0. The summed E-state index contributed by atoms with van der Waals surface area (Å²) < 4.78 is 26.3. The molecule has 0 heterocycles. The summed E-state index contributed by atoms with van der Waals surface area (Å²) >= 11 is 6.24. The van der Waals surface area contributed by atoms with Gasteiger partial charge in [0.2, 0.25) is 10.0 Å². The third kappa shape index (κ3) is 4.27. The van der Waals surface area contributed by atoms with Crippen LogP contribution in [-0.4, -0.2) is 20.6 Å². The molecule has 0 aromatic heterocycles. The summed E-state index contributed by atoms with van der Waals surface area (Å²) in [6.07, 6.45) is 3.20. The number of benzene rings is 4. The van der Waals surface area contributed by atoms with E-state index in [1.54, 1.807) is 42.5 Å². The standard InChI is InChI=1S/C27H23ClN2O3S/c1-34(32,33)30(17-21-5-2-3-8-24(21)28)22-14-11-20(12-15-22)27(31)29-25-16-13-19-10-9-18-6-4-7-23(25)26(18)19/h2-8,11-16H,9-10,17H2,1H3,(H,29,31). The number of nitrogens with one attached hydrogen (secondary N) is 1. The van der Waals surface area contributed by atoms with Crippen molar-refractivity contribution < 1.29 is 13.2 Å². The summed E-state index contributed by atoms with van der Waals surface area (Å²) in [5.74, 6) is -0.248. The summed E-state index contributed by atoms with van der Waals surface area (Å²) in [6.45, 7) is 0.102. The number of carbonyl (C=O) groups excluding carboxylic acids is 1. The third-order valence-corrected chi connectivity index (χ3v) is 7.72. The molecule has 0 unspecified atom stereocenters. The van der Waals surface area contributed by atoms with Gasteiger partial charge in [0.25, 0.3) is 5.91 Å². The number of carbonyl (C=O) groups is 1. The van der Waals surface area contributed by atoms with E-state index in [0.29, 0.717) is 21.8 Å². The summed E-state index contributed by atoms with van der Waals surface area (Å²) in [5, 5.41) is 5.80. The molecular weight excluding hydrogens is 468 g/mol. The van der Waals surface area contributed by atoms with Crippen LogP contribution in [0.25, 0.3) is 10.8 Å². The third-order valence-electron chi connectivity index (χ3n) is 6.21. The van der Waals surface area contributed by atoms with E-state index in [1.807, 2.05) is 24.3 Å². The predicted molar refractivity (Wildman–Crippen MR) is 138 cm³/mol. The van der Waals surface area contributed by atoms with Crippen molar-refractivity contribution in [3.63, 3.8) is 0 Å². The van der Waals surface area contributed by atoms with Crippen molar-refractivity contribution in [2.75, 3.05) is 15.9 Å². The Hall–Kier alpha value is -3.35. The van der Waals surface area contributed by atoms with Gasteiger partial charge in [0.15, 0.2) is 0 Å². The number of anilines is 2. The highest BCUT2D eigenvalue weighted by molar-refractivity contribution is 7.92. The van der Waals surface area contributed by atoms with E-state index in [0.717, 1.165) is 30.2 Å². The van der Waals surface area contributed by atoms with Gasteiger partial charge < -0.3 is 5.32 Å². The van der Waals surface area contributed by atoms with Gasteiger partial charge in [-0.25, -0.2) is 8.42 Å². The van der Waals surface area contributed by atoms with Crippen LogP contribution in [-0.2, 0) is 29.4 Å². The van der Waals surface area contributed by atoms with E-state index in [2.05, 4.69) is 17.4 Å².